The fraction of sp³-hybridized carbons (Fsp3) is 0. The van der Waals surface area contributed by atoms with Crippen molar-refractivity contribution < 1.29 is 17.2 Å². The topological polar surface area (TPSA) is 63.6 Å². The predicted molar refractivity (Wildman–Crippen MR) is 73.6 cm³/mol. The van der Waals surface area contributed by atoms with Crippen molar-refractivity contribution in [3.05, 3.63) is 54.6 Å². The third-order valence-corrected chi connectivity index (χ3v) is 3.33. The first-order chi connectivity index (χ1) is 9.04. The van der Waals surface area contributed by atoms with Crippen LogP contribution in [-0.4, -0.2) is 13.0 Å². The summed E-state index contributed by atoms with van der Waals surface area (Å²) in [7, 11) is -4.52. The third-order valence-electron chi connectivity index (χ3n) is 2.94. The molecule has 5 heteroatoms. The highest BCUT2D eigenvalue weighted by molar-refractivity contribution is 7.81. The average Bonchev–Trinajstić information content (AvgIpc) is 2.37. The molecule has 3 aromatic carbocycles. The van der Waals surface area contributed by atoms with E-state index in [0.717, 1.165) is 16.2 Å². The van der Waals surface area contributed by atoms with E-state index < -0.39 is 10.4 Å². The fourth-order valence-electron chi connectivity index (χ4n) is 2.20. The average molecular weight is 274 g/mol. The highest BCUT2D eigenvalue weighted by Gasteiger charge is 2.11. The number of fused-ring (bicyclic) bond motifs is 3. The van der Waals surface area contributed by atoms with Crippen molar-refractivity contribution >= 4 is 31.9 Å². The van der Waals surface area contributed by atoms with Crippen LogP contribution in [0.25, 0.3) is 21.5 Å². The second kappa shape index (κ2) is 4.22. The van der Waals surface area contributed by atoms with Gasteiger partial charge in [-0.15, -0.1) is 0 Å². The Morgan fingerprint density at radius 2 is 1.53 bits per heavy atom. The monoisotopic (exact) mass is 274 g/mol. The van der Waals surface area contributed by atoms with Gasteiger partial charge in [-0.1, -0.05) is 42.5 Å². The molecular formula is C14H10O4S. The molecule has 0 unspecified atom stereocenters. The lowest BCUT2D eigenvalue weighted by atomic mass is 10.0. The van der Waals surface area contributed by atoms with E-state index in [9.17, 15) is 8.42 Å². The van der Waals surface area contributed by atoms with Crippen molar-refractivity contribution in [1.82, 2.24) is 0 Å². The van der Waals surface area contributed by atoms with Crippen LogP contribution in [-0.2, 0) is 10.4 Å². The third kappa shape index (κ3) is 2.25. The van der Waals surface area contributed by atoms with Gasteiger partial charge in [0.05, 0.1) is 0 Å². The van der Waals surface area contributed by atoms with Crippen molar-refractivity contribution in [3.8, 4) is 5.75 Å². The summed E-state index contributed by atoms with van der Waals surface area (Å²) in [6, 6.07) is 16.5. The molecule has 0 spiro atoms. The zero-order valence-corrected chi connectivity index (χ0v) is 10.6. The van der Waals surface area contributed by atoms with Gasteiger partial charge in [-0.05, 0) is 28.3 Å². The Labute approximate surface area is 110 Å². The van der Waals surface area contributed by atoms with Gasteiger partial charge in [-0.2, -0.15) is 8.42 Å². The number of hydrogen-bond acceptors (Lipinski definition) is 3. The Bertz CT molecular complexity index is 869. The van der Waals surface area contributed by atoms with E-state index >= 15 is 0 Å². The highest BCUT2D eigenvalue weighted by atomic mass is 32.3. The summed E-state index contributed by atoms with van der Waals surface area (Å²) >= 11 is 0. The highest BCUT2D eigenvalue weighted by Crippen LogP contribution is 2.31. The van der Waals surface area contributed by atoms with Crippen LogP contribution in [0.2, 0.25) is 0 Å². The molecule has 0 saturated carbocycles. The molecule has 0 amide bonds. The molecule has 0 bridgehead atoms. The van der Waals surface area contributed by atoms with Crippen LogP contribution in [0.5, 0.6) is 5.75 Å². The fourth-order valence-corrected chi connectivity index (χ4v) is 2.57. The minimum atomic E-state index is -4.52. The normalized spacial score (nSPS) is 11.8. The molecule has 0 heterocycles. The van der Waals surface area contributed by atoms with Crippen molar-refractivity contribution in [2.75, 3.05) is 0 Å². The number of rotatable bonds is 2. The maximum absolute atomic E-state index is 10.8. The molecule has 0 aliphatic carbocycles. The molecular weight excluding hydrogens is 264 g/mol. The lowest BCUT2D eigenvalue weighted by molar-refractivity contribution is 0.388. The van der Waals surface area contributed by atoms with Gasteiger partial charge in [0, 0.05) is 5.39 Å². The molecule has 0 saturated heterocycles. The molecule has 3 aromatic rings. The van der Waals surface area contributed by atoms with E-state index in [1.165, 1.54) is 6.07 Å². The minimum absolute atomic E-state index is 0.116. The van der Waals surface area contributed by atoms with Gasteiger partial charge >= 0.3 is 10.4 Å². The molecule has 0 aliphatic rings. The minimum Gasteiger partial charge on any atom is -0.361 e. The van der Waals surface area contributed by atoms with Crippen molar-refractivity contribution in [2.45, 2.75) is 0 Å². The van der Waals surface area contributed by atoms with E-state index in [-0.39, 0.29) is 5.75 Å². The van der Waals surface area contributed by atoms with Crippen LogP contribution in [0.15, 0.2) is 54.6 Å². The van der Waals surface area contributed by atoms with E-state index in [4.69, 9.17) is 4.55 Å². The number of hydrogen-bond donors (Lipinski definition) is 1. The quantitative estimate of drug-likeness (QED) is 0.576. The molecule has 0 aliphatic heterocycles. The molecule has 4 nitrogen and oxygen atoms in total. The van der Waals surface area contributed by atoms with Gasteiger partial charge in [0.15, 0.2) is 5.75 Å². The first kappa shape index (κ1) is 12.0. The van der Waals surface area contributed by atoms with Gasteiger partial charge < -0.3 is 4.18 Å². The Morgan fingerprint density at radius 3 is 2.32 bits per heavy atom. The Balaban J connectivity index is 2.35. The summed E-state index contributed by atoms with van der Waals surface area (Å²) in [5.74, 6) is 0.116. The van der Waals surface area contributed by atoms with Gasteiger partial charge in [0.2, 0.25) is 0 Å². The Kier molecular flexibility index (Phi) is 2.66. The van der Waals surface area contributed by atoms with E-state index in [1.807, 2.05) is 36.4 Å². The standard InChI is InChI=1S/C14H10O4S/c15-19(16,17)18-14-7-3-6-12-11-5-2-1-4-10(11)8-9-13(12)14/h1-9H,(H,15,16,17). The number of benzene rings is 3. The molecule has 19 heavy (non-hydrogen) atoms. The smallest absolute Gasteiger partial charge is 0.361 e. The van der Waals surface area contributed by atoms with Crippen molar-refractivity contribution in [2.24, 2.45) is 0 Å². The summed E-state index contributed by atoms with van der Waals surface area (Å²) in [6.45, 7) is 0. The molecule has 3 rings (SSSR count). The van der Waals surface area contributed by atoms with Crippen LogP contribution < -0.4 is 4.18 Å². The first-order valence-corrected chi connectivity index (χ1v) is 6.98. The van der Waals surface area contributed by atoms with Crippen LogP contribution in [0, 0.1) is 0 Å². The van der Waals surface area contributed by atoms with Crippen LogP contribution in [0.4, 0.5) is 0 Å². The molecule has 0 atom stereocenters. The molecule has 1 N–H and O–H groups in total. The summed E-state index contributed by atoms with van der Waals surface area (Å²) in [5.41, 5.74) is 0. The summed E-state index contributed by atoms with van der Waals surface area (Å²) in [4.78, 5) is 0. The zero-order chi connectivity index (χ0) is 13.5. The van der Waals surface area contributed by atoms with E-state index in [0.29, 0.717) is 5.39 Å². The molecule has 0 radical (unpaired) electrons. The maximum atomic E-state index is 10.8. The second-order valence-electron chi connectivity index (χ2n) is 4.15. The lowest BCUT2D eigenvalue weighted by Gasteiger charge is -2.08. The van der Waals surface area contributed by atoms with Crippen molar-refractivity contribution in [3.63, 3.8) is 0 Å². The zero-order valence-electron chi connectivity index (χ0n) is 9.78. The summed E-state index contributed by atoms with van der Waals surface area (Å²) < 4.78 is 35.1. The summed E-state index contributed by atoms with van der Waals surface area (Å²) in [5, 5.41) is 3.57. The van der Waals surface area contributed by atoms with E-state index in [1.54, 1.807) is 12.1 Å². The predicted octanol–water partition coefficient (Wildman–Crippen LogP) is 3.17. The molecule has 0 fully saturated rings. The van der Waals surface area contributed by atoms with Gasteiger partial charge in [-0.3, -0.25) is 4.55 Å². The molecule has 0 aromatic heterocycles. The second-order valence-corrected chi connectivity index (χ2v) is 5.17. The van der Waals surface area contributed by atoms with Gasteiger partial charge in [-0.25, -0.2) is 0 Å². The lowest BCUT2D eigenvalue weighted by Crippen LogP contribution is -2.06. The van der Waals surface area contributed by atoms with Crippen molar-refractivity contribution in [1.29, 1.82) is 0 Å². The SMILES string of the molecule is O=S(=O)(O)Oc1cccc2c1ccc1ccccc12. The van der Waals surface area contributed by atoms with Crippen LogP contribution in [0.1, 0.15) is 0 Å². The Hall–Kier alpha value is -2.11. The van der Waals surface area contributed by atoms with Gasteiger partial charge in [0.1, 0.15) is 0 Å². The van der Waals surface area contributed by atoms with E-state index in [2.05, 4.69) is 4.18 Å². The largest absolute Gasteiger partial charge is 0.446 e. The Morgan fingerprint density at radius 1 is 0.789 bits per heavy atom. The molecule has 96 valence electrons. The first-order valence-electron chi connectivity index (χ1n) is 5.62. The van der Waals surface area contributed by atoms with Crippen LogP contribution in [0.3, 0.4) is 0 Å². The van der Waals surface area contributed by atoms with Crippen LogP contribution >= 0.6 is 0 Å². The maximum Gasteiger partial charge on any atom is 0.446 e. The summed E-state index contributed by atoms with van der Waals surface area (Å²) in [6.07, 6.45) is 0. The van der Waals surface area contributed by atoms with Gasteiger partial charge in [0.25, 0.3) is 0 Å².